The molecule has 4 heteroatoms. The fraction of sp³-hybridized carbons (Fsp3) is 0.200. The van der Waals surface area contributed by atoms with Gasteiger partial charge in [-0.1, -0.05) is 18.2 Å². The quantitative estimate of drug-likeness (QED) is 0.835. The maximum absolute atomic E-state index is 11.2. The lowest BCUT2D eigenvalue weighted by atomic mass is 10.1. The van der Waals surface area contributed by atoms with Crippen molar-refractivity contribution in [1.29, 1.82) is 0 Å². The van der Waals surface area contributed by atoms with Crippen LogP contribution in [0.3, 0.4) is 0 Å². The average Bonchev–Trinajstić information content (AvgIpc) is 2.46. The maximum Gasteiger partial charge on any atom is 0.309 e. The van der Waals surface area contributed by atoms with Crippen LogP contribution in [0.4, 0.5) is 5.69 Å². The van der Waals surface area contributed by atoms with Crippen molar-refractivity contribution in [3.05, 3.63) is 59.9 Å². The van der Waals surface area contributed by atoms with Crippen LogP contribution in [-0.2, 0) is 22.5 Å². The van der Waals surface area contributed by atoms with Gasteiger partial charge in [0.15, 0.2) is 0 Å². The Morgan fingerprint density at radius 2 is 2.11 bits per heavy atom. The van der Waals surface area contributed by atoms with Crippen molar-refractivity contribution in [2.45, 2.75) is 13.0 Å². The summed E-state index contributed by atoms with van der Waals surface area (Å²) in [7, 11) is 1.40. The van der Waals surface area contributed by atoms with Crippen LogP contribution >= 0.6 is 0 Å². The Balaban J connectivity index is 1.97. The van der Waals surface area contributed by atoms with Crippen molar-refractivity contribution in [3.63, 3.8) is 0 Å². The minimum Gasteiger partial charge on any atom is -0.469 e. The molecular formula is C15H16N2O2. The summed E-state index contributed by atoms with van der Waals surface area (Å²) in [5.41, 5.74) is 3.02. The highest BCUT2D eigenvalue weighted by Gasteiger charge is 2.03. The molecule has 0 unspecified atom stereocenters. The summed E-state index contributed by atoms with van der Waals surface area (Å²) in [6.07, 6.45) is 3.87. The van der Waals surface area contributed by atoms with E-state index in [0.29, 0.717) is 13.0 Å². The van der Waals surface area contributed by atoms with Crippen molar-refractivity contribution >= 4 is 11.7 Å². The van der Waals surface area contributed by atoms with Crippen LogP contribution < -0.4 is 5.32 Å². The monoisotopic (exact) mass is 256 g/mol. The van der Waals surface area contributed by atoms with Crippen molar-refractivity contribution in [3.8, 4) is 0 Å². The van der Waals surface area contributed by atoms with Crippen molar-refractivity contribution in [1.82, 2.24) is 4.98 Å². The molecule has 1 aromatic carbocycles. The third kappa shape index (κ3) is 4.10. The number of ether oxygens (including phenoxy) is 1. The number of carbonyl (C=O) groups excluding carboxylic acids is 1. The molecule has 4 nitrogen and oxygen atoms in total. The molecular weight excluding hydrogens is 240 g/mol. The number of esters is 1. The van der Waals surface area contributed by atoms with Gasteiger partial charge in [-0.2, -0.15) is 0 Å². The maximum atomic E-state index is 11.2. The summed E-state index contributed by atoms with van der Waals surface area (Å²) < 4.78 is 4.66. The third-order valence-electron chi connectivity index (χ3n) is 2.72. The number of aromatic nitrogens is 1. The minimum atomic E-state index is -0.232. The van der Waals surface area contributed by atoms with E-state index in [9.17, 15) is 4.79 Å². The van der Waals surface area contributed by atoms with Gasteiger partial charge in [0.05, 0.1) is 13.5 Å². The molecule has 0 amide bonds. The molecule has 0 aliphatic heterocycles. The molecule has 0 bridgehead atoms. The van der Waals surface area contributed by atoms with Crippen LogP contribution in [0.15, 0.2) is 48.8 Å². The molecule has 19 heavy (non-hydrogen) atoms. The van der Waals surface area contributed by atoms with E-state index in [1.807, 2.05) is 42.6 Å². The number of hydrogen-bond acceptors (Lipinski definition) is 4. The molecule has 1 aromatic heterocycles. The second-order valence-electron chi connectivity index (χ2n) is 4.17. The number of hydrogen-bond donors (Lipinski definition) is 1. The second kappa shape index (κ2) is 6.54. The molecule has 1 N–H and O–H groups in total. The van der Waals surface area contributed by atoms with Gasteiger partial charge < -0.3 is 10.1 Å². The first-order valence-electron chi connectivity index (χ1n) is 6.06. The molecule has 0 aliphatic rings. The Morgan fingerprint density at radius 3 is 2.84 bits per heavy atom. The average molecular weight is 256 g/mol. The summed E-state index contributed by atoms with van der Waals surface area (Å²) in [4.78, 5) is 15.3. The molecule has 0 aliphatic carbocycles. The highest BCUT2D eigenvalue weighted by atomic mass is 16.5. The summed E-state index contributed by atoms with van der Waals surface area (Å²) >= 11 is 0. The van der Waals surface area contributed by atoms with Crippen LogP contribution in [0.5, 0.6) is 0 Å². The highest BCUT2D eigenvalue weighted by Crippen LogP contribution is 2.12. The van der Waals surface area contributed by atoms with Gasteiger partial charge in [0.2, 0.25) is 0 Å². The standard InChI is InChI=1S/C15H16N2O2/c1-19-15(18)9-12-4-2-6-14(8-12)17-11-13-5-3-7-16-10-13/h2-8,10,17H,9,11H2,1H3. The molecule has 0 saturated carbocycles. The van der Waals surface area contributed by atoms with Crippen molar-refractivity contribution < 1.29 is 9.53 Å². The molecule has 98 valence electrons. The lowest BCUT2D eigenvalue weighted by Crippen LogP contribution is -2.05. The highest BCUT2D eigenvalue weighted by molar-refractivity contribution is 5.72. The number of rotatable bonds is 5. The summed E-state index contributed by atoms with van der Waals surface area (Å²) in [6, 6.07) is 11.7. The second-order valence-corrected chi connectivity index (χ2v) is 4.17. The van der Waals surface area contributed by atoms with E-state index in [2.05, 4.69) is 15.0 Å². The van der Waals surface area contributed by atoms with Gasteiger partial charge in [0.25, 0.3) is 0 Å². The molecule has 0 fully saturated rings. The zero-order valence-corrected chi connectivity index (χ0v) is 10.8. The van der Waals surface area contributed by atoms with E-state index in [4.69, 9.17) is 0 Å². The zero-order chi connectivity index (χ0) is 13.5. The number of carbonyl (C=O) groups is 1. The molecule has 2 aromatic rings. The van der Waals surface area contributed by atoms with Gasteiger partial charge in [0.1, 0.15) is 0 Å². The van der Waals surface area contributed by atoms with E-state index in [0.717, 1.165) is 16.8 Å². The molecule has 0 radical (unpaired) electrons. The first kappa shape index (κ1) is 13.1. The van der Waals surface area contributed by atoms with Gasteiger partial charge in [0, 0.05) is 24.6 Å². The van der Waals surface area contributed by atoms with Crippen LogP contribution in [0, 0.1) is 0 Å². The van der Waals surface area contributed by atoms with Crippen LogP contribution in [0.25, 0.3) is 0 Å². The predicted octanol–water partition coefficient (Wildman–Crippen LogP) is 2.41. The number of anilines is 1. The first-order valence-corrected chi connectivity index (χ1v) is 6.06. The smallest absolute Gasteiger partial charge is 0.309 e. The minimum absolute atomic E-state index is 0.232. The normalized spacial score (nSPS) is 9.95. The van der Waals surface area contributed by atoms with Gasteiger partial charge in [-0.25, -0.2) is 0 Å². The van der Waals surface area contributed by atoms with Crippen molar-refractivity contribution in [2.24, 2.45) is 0 Å². The van der Waals surface area contributed by atoms with Gasteiger partial charge in [-0.3, -0.25) is 9.78 Å². The van der Waals surface area contributed by atoms with E-state index >= 15 is 0 Å². The Bertz CT molecular complexity index is 541. The summed E-state index contributed by atoms with van der Waals surface area (Å²) in [5.74, 6) is -0.232. The predicted molar refractivity (Wildman–Crippen MR) is 73.7 cm³/mol. The third-order valence-corrected chi connectivity index (χ3v) is 2.72. The Labute approximate surface area is 112 Å². The topological polar surface area (TPSA) is 51.2 Å². The zero-order valence-electron chi connectivity index (χ0n) is 10.8. The van der Waals surface area contributed by atoms with Crippen LogP contribution in [-0.4, -0.2) is 18.1 Å². The van der Waals surface area contributed by atoms with Crippen molar-refractivity contribution in [2.75, 3.05) is 12.4 Å². The number of pyridine rings is 1. The lowest BCUT2D eigenvalue weighted by molar-refractivity contribution is -0.139. The fourth-order valence-electron chi connectivity index (χ4n) is 1.74. The Kier molecular flexibility index (Phi) is 4.50. The number of nitrogens with zero attached hydrogens (tertiary/aromatic N) is 1. The van der Waals surface area contributed by atoms with E-state index in [-0.39, 0.29) is 5.97 Å². The Hall–Kier alpha value is -2.36. The summed E-state index contributed by atoms with van der Waals surface area (Å²) in [6.45, 7) is 0.704. The van der Waals surface area contributed by atoms with Gasteiger partial charge >= 0.3 is 5.97 Å². The number of methoxy groups -OCH3 is 1. The molecule has 2 rings (SSSR count). The molecule has 0 saturated heterocycles. The fourth-order valence-corrected chi connectivity index (χ4v) is 1.74. The van der Waals surface area contributed by atoms with Gasteiger partial charge in [-0.15, -0.1) is 0 Å². The largest absolute Gasteiger partial charge is 0.469 e. The SMILES string of the molecule is COC(=O)Cc1cccc(NCc2cccnc2)c1. The van der Waals surface area contributed by atoms with Gasteiger partial charge in [-0.05, 0) is 29.3 Å². The van der Waals surface area contributed by atoms with Crippen LogP contribution in [0.1, 0.15) is 11.1 Å². The molecule has 0 atom stereocenters. The number of benzene rings is 1. The summed E-state index contributed by atoms with van der Waals surface area (Å²) in [5, 5.41) is 3.30. The van der Waals surface area contributed by atoms with E-state index in [1.54, 1.807) is 6.20 Å². The van der Waals surface area contributed by atoms with Crippen LogP contribution in [0.2, 0.25) is 0 Å². The first-order chi connectivity index (χ1) is 9.28. The molecule has 1 heterocycles. The molecule has 0 spiro atoms. The Morgan fingerprint density at radius 1 is 1.26 bits per heavy atom. The lowest BCUT2D eigenvalue weighted by Gasteiger charge is -2.08. The van der Waals surface area contributed by atoms with E-state index in [1.165, 1.54) is 7.11 Å². The van der Waals surface area contributed by atoms with E-state index < -0.39 is 0 Å². The number of nitrogens with one attached hydrogen (secondary N) is 1.